The molecule has 1 aromatic rings. The van der Waals surface area contributed by atoms with E-state index in [-0.39, 0.29) is 0 Å². The van der Waals surface area contributed by atoms with E-state index in [0.29, 0.717) is 12.5 Å². The van der Waals surface area contributed by atoms with Crippen molar-refractivity contribution in [2.24, 2.45) is 5.11 Å². The second kappa shape index (κ2) is 5.25. The maximum atomic E-state index is 8.18. The lowest BCUT2D eigenvalue weighted by molar-refractivity contribution is 0.701. The van der Waals surface area contributed by atoms with Gasteiger partial charge in [0.05, 0.1) is 6.54 Å². The van der Waals surface area contributed by atoms with Gasteiger partial charge in [-0.15, -0.1) is 0 Å². The summed E-state index contributed by atoms with van der Waals surface area (Å²) in [5, 5.41) is 3.49. The lowest BCUT2D eigenvalue weighted by Gasteiger charge is -2.08. The number of hydrogen-bond donors (Lipinski definition) is 0. The van der Waals surface area contributed by atoms with Gasteiger partial charge >= 0.3 is 0 Å². The molecule has 1 unspecified atom stereocenters. The minimum atomic E-state index is 0.334. The molecular formula is C10H14N4. The Morgan fingerprint density at radius 1 is 1.57 bits per heavy atom. The lowest BCUT2D eigenvalue weighted by Crippen LogP contribution is -1.98. The van der Waals surface area contributed by atoms with Crippen molar-refractivity contribution in [1.82, 2.24) is 4.98 Å². The summed E-state index contributed by atoms with van der Waals surface area (Å²) in [4.78, 5) is 7.13. The molecule has 0 spiro atoms. The second-order valence-corrected chi connectivity index (χ2v) is 3.25. The second-order valence-electron chi connectivity index (χ2n) is 3.25. The van der Waals surface area contributed by atoms with Gasteiger partial charge in [0.15, 0.2) is 0 Å². The van der Waals surface area contributed by atoms with Crippen molar-refractivity contribution in [3.63, 3.8) is 0 Å². The van der Waals surface area contributed by atoms with Gasteiger partial charge in [-0.25, -0.2) is 0 Å². The summed E-state index contributed by atoms with van der Waals surface area (Å²) < 4.78 is 0. The monoisotopic (exact) mass is 190 g/mol. The Kier molecular flexibility index (Phi) is 3.95. The lowest BCUT2D eigenvalue weighted by atomic mass is 10.0. The van der Waals surface area contributed by atoms with E-state index < -0.39 is 0 Å². The minimum absolute atomic E-state index is 0.334. The van der Waals surface area contributed by atoms with Crippen molar-refractivity contribution < 1.29 is 0 Å². The van der Waals surface area contributed by atoms with Gasteiger partial charge in [-0.2, -0.15) is 0 Å². The summed E-state index contributed by atoms with van der Waals surface area (Å²) in [5.74, 6) is 0.459. The van der Waals surface area contributed by atoms with Crippen LogP contribution in [0.2, 0.25) is 0 Å². The third-order valence-corrected chi connectivity index (χ3v) is 2.24. The molecule has 4 heteroatoms. The SMILES string of the molecule is CCC(C)c1cccc(CN=[N+]=[N-])n1. The molecule has 14 heavy (non-hydrogen) atoms. The quantitative estimate of drug-likeness (QED) is 0.407. The predicted octanol–water partition coefficient (Wildman–Crippen LogP) is 3.41. The summed E-state index contributed by atoms with van der Waals surface area (Å²) in [7, 11) is 0. The Morgan fingerprint density at radius 3 is 3.00 bits per heavy atom. The number of pyridine rings is 1. The van der Waals surface area contributed by atoms with E-state index in [1.807, 2.05) is 18.2 Å². The van der Waals surface area contributed by atoms with Gasteiger partial charge in [0.1, 0.15) is 0 Å². The Morgan fingerprint density at radius 2 is 2.36 bits per heavy atom. The summed E-state index contributed by atoms with van der Waals surface area (Å²) in [6.07, 6.45) is 1.07. The van der Waals surface area contributed by atoms with E-state index in [9.17, 15) is 0 Å². The van der Waals surface area contributed by atoms with E-state index in [2.05, 4.69) is 28.9 Å². The van der Waals surface area contributed by atoms with Crippen LogP contribution in [-0.4, -0.2) is 4.98 Å². The van der Waals surface area contributed by atoms with Crippen LogP contribution in [0.15, 0.2) is 23.3 Å². The van der Waals surface area contributed by atoms with Crippen molar-refractivity contribution in [2.75, 3.05) is 0 Å². The van der Waals surface area contributed by atoms with E-state index in [4.69, 9.17) is 5.53 Å². The molecule has 0 aliphatic carbocycles. The van der Waals surface area contributed by atoms with E-state index in [1.54, 1.807) is 0 Å². The molecule has 1 atom stereocenters. The molecule has 0 amide bonds. The van der Waals surface area contributed by atoms with Gasteiger partial charge in [0, 0.05) is 16.3 Å². The van der Waals surface area contributed by atoms with Gasteiger partial charge in [-0.3, -0.25) is 4.98 Å². The highest BCUT2D eigenvalue weighted by Gasteiger charge is 2.04. The molecule has 0 aliphatic rings. The fourth-order valence-electron chi connectivity index (χ4n) is 1.17. The molecule has 0 saturated carbocycles. The Hall–Kier alpha value is -1.54. The molecule has 4 nitrogen and oxygen atoms in total. The first kappa shape index (κ1) is 10.5. The number of aromatic nitrogens is 1. The highest BCUT2D eigenvalue weighted by Crippen LogP contribution is 2.16. The summed E-state index contributed by atoms with van der Waals surface area (Å²) in [6.45, 7) is 4.60. The first-order valence-corrected chi connectivity index (χ1v) is 4.74. The van der Waals surface area contributed by atoms with Crippen LogP contribution in [-0.2, 0) is 6.54 Å². The van der Waals surface area contributed by atoms with Crippen LogP contribution in [0, 0.1) is 0 Å². The molecule has 0 saturated heterocycles. The maximum Gasteiger partial charge on any atom is 0.0684 e. The third kappa shape index (κ3) is 2.75. The summed E-state index contributed by atoms with van der Waals surface area (Å²) in [6, 6.07) is 5.84. The first-order valence-electron chi connectivity index (χ1n) is 4.74. The highest BCUT2D eigenvalue weighted by molar-refractivity contribution is 5.14. The van der Waals surface area contributed by atoms with Gasteiger partial charge in [-0.05, 0) is 30.0 Å². The molecule has 0 bridgehead atoms. The first-order chi connectivity index (χ1) is 6.77. The number of azide groups is 1. The summed E-state index contributed by atoms with van der Waals surface area (Å²) >= 11 is 0. The Balaban J connectivity index is 2.83. The van der Waals surface area contributed by atoms with Crippen LogP contribution >= 0.6 is 0 Å². The molecule has 0 fully saturated rings. The largest absolute Gasteiger partial charge is 0.257 e. The number of hydrogen-bond acceptors (Lipinski definition) is 2. The number of nitrogens with zero attached hydrogens (tertiary/aromatic N) is 4. The zero-order valence-corrected chi connectivity index (χ0v) is 8.51. The fraction of sp³-hybridized carbons (Fsp3) is 0.500. The van der Waals surface area contributed by atoms with E-state index >= 15 is 0 Å². The number of rotatable bonds is 4. The standard InChI is InChI=1S/C10H14N4/c1-3-8(2)10-6-4-5-9(13-10)7-12-14-11/h4-6,8H,3,7H2,1-2H3. The smallest absolute Gasteiger partial charge is 0.0684 e. The molecule has 74 valence electrons. The van der Waals surface area contributed by atoms with Crippen molar-refractivity contribution in [2.45, 2.75) is 32.7 Å². The van der Waals surface area contributed by atoms with Crippen LogP contribution < -0.4 is 0 Å². The zero-order valence-electron chi connectivity index (χ0n) is 8.51. The van der Waals surface area contributed by atoms with Crippen LogP contribution in [0.3, 0.4) is 0 Å². The van der Waals surface area contributed by atoms with Crippen LogP contribution in [0.1, 0.15) is 37.6 Å². The van der Waals surface area contributed by atoms with Crippen LogP contribution in [0.5, 0.6) is 0 Å². The average molecular weight is 190 g/mol. The molecule has 0 N–H and O–H groups in total. The van der Waals surface area contributed by atoms with Crippen molar-refractivity contribution in [1.29, 1.82) is 0 Å². The molecule has 1 heterocycles. The molecule has 0 radical (unpaired) electrons. The van der Waals surface area contributed by atoms with E-state index in [0.717, 1.165) is 17.8 Å². The van der Waals surface area contributed by atoms with Gasteiger partial charge < -0.3 is 0 Å². The normalized spacial score (nSPS) is 11.9. The Labute approximate surface area is 83.6 Å². The molecule has 0 aromatic carbocycles. The van der Waals surface area contributed by atoms with Gasteiger partial charge in [-0.1, -0.05) is 25.0 Å². The van der Waals surface area contributed by atoms with Crippen molar-refractivity contribution >= 4 is 0 Å². The van der Waals surface area contributed by atoms with Gasteiger partial charge in [0.25, 0.3) is 0 Å². The van der Waals surface area contributed by atoms with Gasteiger partial charge in [0.2, 0.25) is 0 Å². The predicted molar refractivity (Wildman–Crippen MR) is 55.8 cm³/mol. The topological polar surface area (TPSA) is 61.7 Å². The Bertz CT molecular complexity index is 342. The fourth-order valence-corrected chi connectivity index (χ4v) is 1.17. The highest BCUT2D eigenvalue weighted by atomic mass is 15.1. The van der Waals surface area contributed by atoms with E-state index in [1.165, 1.54) is 0 Å². The maximum absolute atomic E-state index is 8.18. The summed E-state index contributed by atoms with van der Waals surface area (Å²) in [5.41, 5.74) is 10.1. The van der Waals surface area contributed by atoms with Crippen LogP contribution in [0.4, 0.5) is 0 Å². The van der Waals surface area contributed by atoms with Crippen molar-refractivity contribution in [3.05, 3.63) is 40.0 Å². The minimum Gasteiger partial charge on any atom is -0.257 e. The zero-order chi connectivity index (χ0) is 10.4. The third-order valence-electron chi connectivity index (χ3n) is 2.24. The van der Waals surface area contributed by atoms with Crippen molar-refractivity contribution in [3.8, 4) is 0 Å². The molecule has 0 aliphatic heterocycles. The molecule has 1 rings (SSSR count). The molecular weight excluding hydrogens is 176 g/mol. The average Bonchev–Trinajstić information content (AvgIpc) is 2.25. The van der Waals surface area contributed by atoms with Crippen LogP contribution in [0.25, 0.3) is 10.4 Å². The molecule has 1 aromatic heterocycles.